The van der Waals surface area contributed by atoms with Gasteiger partial charge in [-0.05, 0) is 32.1 Å². The summed E-state index contributed by atoms with van der Waals surface area (Å²) in [6.07, 6.45) is 22.8. The lowest BCUT2D eigenvalue weighted by Crippen LogP contribution is -2.08. The molecule has 0 aliphatic carbocycles. The second kappa shape index (κ2) is 17.0. The number of ether oxygens (including phenoxy) is 3. The van der Waals surface area contributed by atoms with Crippen LogP contribution in [0.5, 0.6) is 17.2 Å². The van der Waals surface area contributed by atoms with E-state index in [1.807, 2.05) is 0 Å². The van der Waals surface area contributed by atoms with Crippen molar-refractivity contribution in [1.82, 2.24) is 4.98 Å². The maximum Gasteiger partial charge on any atom is 0.311 e. The molecule has 0 bridgehead atoms. The molecule has 0 unspecified atom stereocenters. The van der Waals surface area contributed by atoms with Gasteiger partial charge in [0.05, 0.1) is 25.1 Å². The summed E-state index contributed by atoms with van der Waals surface area (Å²) >= 11 is 0. The minimum atomic E-state index is -0.219. The van der Waals surface area contributed by atoms with Gasteiger partial charge in [0.25, 0.3) is 0 Å². The number of fused-ring (bicyclic) bond motifs is 1. The maximum absolute atomic E-state index is 12.4. The molecule has 188 valence electrons. The van der Waals surface area contributed by atoms with Gasteiger partial charge >= 0.3 is 5.97 Å². The summed E-state index contributed by atoms with van der Waals surface area (Å²) < 4.78 is 16.4. The molecule has 34 heavy (non-hydrogen) atoms. The number of methoxy groups -OCH3 is 2. The van der Waals surface area contributed by atoms with E-state index in [9.17, 15) is 4.79 Å². The molecule has 0 aliphatic heterocycles. The number of carbonyl (C=O) groups is 1. The second-order valence-corrected chi connectivity index (χ2v) is 8.84. The van der Waals surface area contributed by atoms with Gasteiger partial charge in [-0.25, -0.2) is 0 Å². The predicted molar refractivity (Wildman–Crippen MR) is 140 cm³/mol. The van der Waals surface area contributed by atoms with Crippen LogP contribution in [-0.4, -0.2) is 25.2 Å². The molecule has 0 atom stereocenters. The number of esters is 1. The van der Waals surface area contributed by atoms with Crippen molar-refractivity contribution < 1.29 is 19.0 Å². The Morgan fingerprint density at radius 3 is 2.12 bits per heavy atom. The number of aromatic nitrogens is 1. The van der Waals surface area contributed by atoms with E-state index in [0.717, 1.165) is 19.3 Å². The third kappa shape index (κ3) is 10.1. The van der Waals surface area contributed by atoms with E-state index in [4.69, 9.17) is 14.2 Å². The Balaban J connectivity index is 1.60. The lowest BCUT2D eigenvalue weighted by atomic mass is 10.1. The molecule has 1 aromatic carbocycles. The number of allylic oxidation sites excluding steroid dienone is 2. The zero-order valence-electron chi connectivity index (χ0n) is 21.4. The lowest BCUT2D eigenvalue weighted by Gasteiger charge is -2.12. The highest BCUT2D eigenvalue weighted by molar-refractivity contribution is 5.93. The summed E-state index contributed by atoms with van der Waals surface area (Å²) in [5.41, 5.74) is 0.669. The smallest absolute Gasteiger partial charge is 0.311 e. The average Bonchev–Trinajstić information content (AvgIpc) is 2.85. The van der Waals surface area contributed by atoms with Gasteiger partial charge in [0, 0.05) is 30.8 Å². The van der Waals surface area contributed by atoms with Crippen molar-refractivity contribution in [2.24, 2.45) is 0 Å². The van der Waals surface area contributed by atoms with Gasteiger partial charge in [-0.2, -0.15) is 0 Å². The molecule has 0 saturated heterocycles. The fourth-order valence-electron chi connectivity index (χ4n) is 4.07. The fourth-order valence-corrected chi connectivity index (χ4v) is 4.07. The van der Waals surface area contributed by atoms with Gasteiger partial charge in [-0.1, -0.05) is 70.4 Å². The Bertz CT molecular complexity index is 878. The fraction of sp³-hybridized carbons (Fsp3) is 0.586. The lowest BCUT2D eigenvalue weighted by molar-refractivity contribution is -0.134. The quantitative estimate of drug-likeness (QED) is 0.125. The van der Waals surface area contributed by atoms with E-state index in [-0.39, 0.29) is 5.97 Å². The van der Waals surface area contributed by atoms with Crippen LogP contribution in [0.2, 0.25) is 0 Å². The standard InChI is InChI=1S/C29H43NO4/c1-4-5-6-7-8-9-10-11-12-13-14-15-16-17-18-19-28(31)34-26-20-21-30-25-22-24(32-2)23-27(33-3)29(25)26/h11-12,20-23H,4-10,13-19H2,1-3H3/b12-11-. The predicted octanol–water partition coefficient (Wildman–Crippen LogP) is 8.19. The zero-order valence-corrected chi connectivity index (χ0v) is 21.4. The highest BCUT2D eigenvalue weighted by Gasteiger charge is 2.14. The van der Waals surface area contributed by atoms with Gasteiger partial charge < -0.3 is 14.2 Å². The molecule has 0 saturated carbocycles. The average molecular weight is 470 g/mol. The van der Waals surface area contributed by atoms with Crippen LogP contribution in [0.4, 0.5) is 0 Å². The normalized spacial score (nSPS) is 11.3. The Hall–Kier alpha value is -2.56. The molecule has 2 rings (SSSR count). The highest BCUT2D eigenvalue weighted by atomic mass is 16.5. The van der Waals surface area contributed by atoms with Crippen molar-refractivity contribution in [3.8, 4) is 17.2 Å². The van der Waals surface area contributed by atoms with Crippen LogP contribution in [-0.2, 0) is 4.79 Å². The van der Waals surface area contributed by atoms with Gasteiger partial charge in [0.2, 0.25) is 0 Å². The molecule has 1 aromatic heterocycles. The van der Waals surface area contributed by atoms with Crippen LogP contribution in [0.1, 0.15) is 96.8 Å². The SMILES string of the molecule is CCCCCCCC/C=C\CCCCCCCC(=O)Oc1ccnc2cc(OC)cc(OC)c12. The van der Waals surface area contributed by atoms with Crippen LogP contribution >= 0.6 is 0 Å². The van der Waals surface area contributed by atoms with E-state index >= 15 is 0 Å². The first-order chi connectivity index (χ1) is 16.7. The topological polar surface area (TPSA) is 57.7 Å². The Labute approximate surface area is 205 Å². The highest BCUT2D eigenvalue weighted by Crippen LogP contribution is 2.36. The molecule has 2 aromatic rings. The molecule has 0 radical (unpaired) electrons. The third-order valence-electron chi connectivity index (χ3n) is 6.06. The molecule has 0 amide bonds. The van der Waals surface area contributed by atoms with Crippen molar-refractivity contribution in [2.45, 2.75) is 96.8 Å². The summed E-state index contributed by atoms with van der Waals surface area (Å²) in [5.74, 6) is 1.48. The molecule has 0 aliphatic rings. The summed E-state index contributed by atoms with van der Waals surface area (Å²) in [4.78, 5) is 16.8. The van der Waals surface area contributed by atoms with Crippen molar-refractivity contribution in [1.29, 1.82) is 0 Å². The number of nitrogens with zero attached hydrogens (tertiary/aromatic N) is 1. The van der Waals surface area contributed by atoms with E-state index in [1.54, 1.807) is 38.6 Å². The molecular weight excluding hydrogens is 426 g/mol. The van der Waals surface area contributed by atoms with Gasteiger partial charge in [-0.15, -0.1) is 0 Å². The van der Waals surface area contributed by atoms with Crippen LogP contribution in [0, 0.1) is 0 Å². The number of unbranched alkanes of at least 4 members (excludes halogenated alkanes) is 11. The van der Waals surface area contributed by atoms with E-state index in [0.29, 0.717) is 34.6 Å². The largest absolute Gasteiger partial charge is 0.497 e. The zero-order chi connectivity index (χ0) is 24.4. The Morgan fingerprint density at radius 1 is 0.824 bits per heavy atom. The number of carbonyl (C=O) groups excluding carboxylic acids is 1. The number of benzene rings is 1. The molecule has 5 heteroatoms. The van der Waals surface area contributed by atoms with E-state index in [2.05, 4.69) is 24.1 Å². The minimum Gasteiger partial charge on any atom is -0.497 e. The molecule has 1 heterocycles. The number of hydrogen-bond donors (Lipinski definition) is 0. The van der Waals surface area contributed by atoms with Crippen molar-refractivity contribution in [2.75, 3.05) is 14.2 Å². The maximum atomic E-state index is 12.4. The first kappa shape index (κ1) is 27.7. The van der Waals surface area contributed by atoms with Gasteiger partial charge in [0.1, 0.15) is 17.2 Å². The molecule has 0 fully saturated rings. The van der Waals surface area contributed by atoms with E-state index < -0.39 is 0 Å². The number of pyridine rings is 1. The van der Waals surface area contributed by atoms with Gasteiger partial charge in [-0.3, -0.25) is 9.78 Å². The molecular formula is C29H43NO4. The van der Waals surface area contributed by atoms with Gasteiger partial charge in [0.15, 0.2) is 0 Å². The van der Waals surface area contributed by atoms with E-state index in [1.165, 1.54) is 64.2 Å². The minimum absolute atomic E-state index is 0.219. The summed E-state index contributed by atoms with van der Waals surface area (Å²) in [6, 6.07) is 5.28. The van der Waals surface area contributed by atoms with Crippen molar-refractivity contribution in [3.05, 3.63) is 36.5 Å². The van der Waals surface area contributed by atoms with Crippen molar-refractivity contribution >= 4 is 16.9 Å². The summed E-state index contributed by atoms with van der Waals surface area (Å²) in [7, 11) is 3.18. The Morgan fingerprint density at radius 2 is 1.47 bits per heavy atom. The summed E-state index contributed by atoms with van der Waals surface area (Å²) in [6.45, 7) is 2.26. The molecule has 5 nitrogen and oxygen atoms in total. The third-order valence-corrected chi connectivity index (χ3v) is 6.06. The first-order valence-corrected chi connectivity index (χ1v) is 13.1. The molecule has 0 spiro atoms. The first-order valence-electron chi connectivity index (χ1n) is 13.1. The van der Waals surface area contributed by atoms with Crippen LogP contribution in [0.25, 0.3) is 10.9 Å². The van der Waals surface area contributed by atoms with Crippen LogP contribution < -0.4 is 14.2 Å². The monoisotopic (exact) mass is 469 g/mol. The number of rotatable bonds is 18. The molecule has 0 N–H and O–H groups in total. The van der Waals surface area contributed by atoms with Crippen molar-refractivity contribution in [3.63, 3.8) is 0 Å². The Kier molecular flexibility index (Phi) is 13.8. The second-order valence-electron chi connectivity index (χ2n) is 8.84. The van der Waals surface area contributed by atoms with Crippen LogP contribution in [0.15, 0.2) is 36.5 Å². The summed E-state index contributed by atoms with van der Waals surface area (Å²) in [5, 5.41) is 0.684. The number of hydrogen-bond acceptors (Lipinski definition) is 5. The van der Waals surface area contributed by atoms with Crippen LogP contribution in [0.3, 0.4) is 0 Å².